The summed E-state index contributed by atoms with van der Waals surface area (Å²) in [6.45, 7) is -0.154. The van der Waals surface area contributed by atoms with Crippen LogP contribution in [0.25, 0.3) is 0 Å². The normalized spacial score (nSPS) is 19.9. The zero-order chi connectivity index (χ0) is 20.8. The summed E-state index contributed by atoms with van der Waals surface area (Å²) in [5.41, 5.74) is 0. The van der Waals surface area contributed by atoms with Crippen molar-refractivity contribution in [2.45, 2.75) is 44.6 Å². The van der Waals surface area contributed by atoms with E-state index in [1.54, 1.807) is 12.1 Å². The Morgan fingerprint density at radius 1 is 1.41 bits per heavy atom. The fourth-order valence-electron chi connectivity index (χ4n) is 3.94. The molecule has 1 aromatic rings. The Bertz CT molecular complexity index is 780. The molecule has 10 heteroatoms. The number of hydroxylamine groups is 2. The van der Waals surface area contributed by atoms with E-state index in [4.69, 9.17) is 0 Å². The summed E-state index contributed by atoms with van der Waals surface area (Å²) >= 11 is 0. The second kappa shape index (κ2) is 9.46. The molecule has 2 aliphatic rings. The average Bonchev–Trinajstić information content (AvgIpc) is 3.40. The molecule has 0 bridgehead atoms. The zero-order valence-corrected chi connectivity index (χ0v) is 16.0. The summed E-state index contributed by atoms with van der Waals surface area (Å²) in [6, 6.07) is 3.73. The van der Waals surface area contributed by atoms with Crippen molar-refractivity contribution < 1.29 is 24.3 Å². The van der Waals surface area contributed by atoms with Crippen molar-refractivity contribution in [3.8, 4) is 0 Å². The maximum absolute atomic E-state index is 13.1. The third-order valence-electron chi connectivity index (χ3n) is 5.40. The highest BCUT2D eigenvalue weighted by molar-refractivity contribution is 5.99. The molecular formula is C19H25N5O5. The first kappa shape index (κ1) is 20.7. The van der Waals surface area contributed by atoms with E-state index in [0.29, 0.717) is 22.1 Å². The highest BCUT2D eigenvalue weighted by Gasteiger charge is 2.39. The van der Waals surface area contributed by atoms with Gasteiger partial charge in [-0.15, -0.1) is 0 Å². The number of hydrogen-bond acceptors (Lipinski definition) is 6. The van der Waals surface area contributed by atoms with Crippen LogP contribution in [0.2, 0.25) is 0 Å². The van der Waals surface area contributed by atoms with Crippen LogP contribution in [0.1, 0.15) is 38.5 Å². The molecule has 29 heavy (non-hydrogen) atoms. The van der Waals surface area contributed by atoms with Gasteiger partial charge in [0.2, 0.25) is 12.3 Å². The van der Waals surface area contributed by atoms with Gasteiger partial charge in [0, 0.05) is 18.7 Å². The van der Waals surface area contributed by atoms with Crippen LogP contribution in [0.3, 0.4) is 0 Å². The van der Waals surface area contributed by atoms with Crippen LogP contribution in [-0.2, 0) is 14.4 Å². The summed E-state index contributed by atoms with van der Waals surface area (Å²) in [4.78, 5) is 36.7. The van der Waals surface area contributed by atoms with Gasteiger partial charge in [-0.2, -0.15) is 5.10 Å². The zero-order valence-electron chi connectivity index (χ0n) is 16.0. The van der Waals surface area contributed by atoms with Gasteiger partial charge in [-0.3, -0.25) is 14.8 Å². The van der Waals surface area contributed by atoms with Gasteiger partial charge in [0.05, 0.1) is 18.7 Å². The Hall–Kier alpha value is -3.01. The second-order valence-electron chi connectivity index (χ2n) is 7.44. The second-order valence-corrected chi connectivity index (χ2v) is 7.44. The summed E-state index contributed by atoms with van der Waals surface area (Å²) in [5, 5.41) is 29.5. The van der Waals surface area contributed by atoms with Gasteiger partial charge in [0.1, 0.15) is 0 Å². The van der Waals surface area contributed by atoms with E-state index >= 15 is 0 Å². The van der Waals surface area contributed by atoms with Crippen LogP contribution in [-0.4, -0.2) is 52.3 Å². The van der Waals surface area contributed by atoms with Gasteiger partial charge in [-0.1, -0.05) is 31.7 Å². The van der Waals surface area contributed by atoms with E-state index in [1.807, 2.05) is 0 Å². The molecule has 2 heterocycles. The molecule has 156 valence electrons. The lowest BCUT2D eigenvalue weighted by Crippen LogP contribution is -2.47. The number of hydrogen-bond donors (Lipinski definition) is 2. The number of anilines is 1. The molecule has 1 fully saturated rings. The number of amides is 3. The number of aromatic nitrogens is 1. The molecule has 0 spiro atoms. The third-order valence-corrected chi connectivity index (χ3v) is 5.40. The fourth-order valence-corrected chi connectivity index (χ4v) is 3.94. The lowest BCUT2D eigenvalue weighted by Gasteiger charge is -2.27. The SMILES string of the molecule is O=CN(O)C[C@@H](CC1CCCC1)C(=O)N1N=CC[C@H]1C(=O)Nc1cccc[n+]1[O-]. The molecule has 1 saturated carbocycles. The van der Waals surface area contributed by atoms with Crippen LogP contribution < -0.4 is 10.0 Å². The molecule has 1 aromatic heterocycles. The van der Waals surface area contributed by atoms with Crippen molar-refractivity contribution >= 4 is 30.3 Å². The standard InChI is InChI=1S/C19H25N5O5/c25-13-22(28)12-15(11-14-5-1-2-6-14)19(27)24-16(8-9-20-24)18(26)21-17-7-3-4-10-23(17)29/h3-4,7,9-10,13-16,28H,1-2,5-6,8,11-12H2,(H,21,26)/t15-,16+/m1/s1. The van der Waals surface area contributed by atoms with Gasteiger partial charge in [-0.25, -0.2) is 24.9 Å². The molecule has 0 saturated heterocycles. The monoisotopic (exact) mass is 403 g/mol. The van der Waals surface area contributed by atoms with E-state index in [9.17, 15) is 24.8 Å². The maximum Gasteiger partial charge on any atom is 0.332 e. The van der Waals surface area contributed by atoms with E-state index in [-0.39, 0.29) is 25.2 Å². The number of nitrogens with one attached hydrogen (secondary N) is 1. The smallest absolute Gasteiger partial charge is 0.332 e. The molecule has 1 aliphatic carbocycles. The fraction of sp³-hybridized carbons (Fsp3) is 0.526. The van der Waals surface area contributed by atoms with Crippen LogP contribution in [0.15, 0.2) is 29.5 Å². The molecule has 10 nitrogen and oxygen atoms in total. The van der Waals surface area contributed by atoms with Gasteiger partial charge >= 0.3 is 5.91 Å². The van der Waals surface area contributed by atoms with Crippen LogP contribution in [0, 0.1) is 17.0 Å². The topological polar surface area (TPSA) is 129 Å². The first-order chi connectivity index (χ1) is 14.0. The molecule has 3 rings (SSSR count). The quantitative estimate of drug-likeness (QED) is 0.219. The number of carbonyl (C=O) groups excluding carboxylic acids is 3. The lowest BCUT2D eigenvalue weighted by atomic mass is 9.92. The molecule has 1 aliphatic heterocycles. The minimum Gasteiger partial charge on any atom is -0.711 e. The summed E-state index contributed by atoms with van der Waals surface area (Å²) in [6.07, 6.45) is 7.93. The van der Waals surface area contributed by atoms with Crippen molar-refractivity contribution in [1.82, 2.24) is 10.1 Å². The van der Waals surface area contributed by atoms with Crippen molar-refractivity contribution in [2.75, 3.05) is 11.9 Å². The highest BCUT2D eigenvalue weighted by Crippen LogP contribution is 2.32. The lowest BCUT2D eigenvalue weighted by molar-refractivity contribution is -0.590. The molecule has 0 unspecified atom stereocenters. The highest BCUT2D eigenvalue weighted by atomic mass is 16.5. The number of nitrogens with zero attached hydrogens (tertiary/aromatic N) is 4. The van der Waals surface area contributed by atoms with Gasteiger partial charge in [-0.05, 0) is 18.4 Å². The first-order valence-corrected chi connectivity index (χ1v) is 9.75. The molecule has 0 aromatic carbocycles. The number of rotatable bonds is 8. The van der Waals surface area contributed by atoms with Crippen LogP contribution in [0.4, 0.5) is 5.82 Å². The van der Waals surface area contributed by atoms with E-state index in [2.05, 4.69) is 10.4 Å². The molecule has 3 amide bonds. The largest absolute Gasteiger partial charge is 0.711 e. The minimum atomic E-state index is -0.892. The van der Waals surface area contributed by atoms with E-state index in [1.165, 1.54) is 18.5 Å². The first-order valence-electron chi connectivity index (χ1n) is 9.75. The molecule has 2 atom stereocenters. The summed E-state index contributed by atoms with van der Waals surface area (Å²) in [5.74, 6) is -1.22. The predicted molar refractivity (Wildman–Crippen MR) is 102 cm³/mol. The summed E-state index contributed by atoms with van der Waals surface area (Å²) in [7, 11) is 0. The van der Waals surface area contributed by atoms with Crippen LogP contribution in [0.5, 0.6) is 0 Å². The molecular weight excluding hydrogens is 378 g/mol. The third kappa shape index (κ3) is 5.08. The predicted octanol–water partition coefficient (Wildman–Crippen LogP) is 0.889. The Labute approximate surface area is 168 Å². The van der Waals surface area contributed by atoms with Gasteiger partial charge in [0.15, 0.2) is 6.04 Å². The van der Waals surface area contributed by atoms with Gasteiger partial charge < -0.3 is 5.21 Å². The minimum absolute atomic E-state index is 0.0572. The van der Waals surface area contributed by atoms with Gasteiger partial charge in [0.25, 0.3) is 5.82 Å². The van der Waals surface area contributed by atoms with Crippen molar-refractivity contribution in [3.63, 3.8) is 0 Å². The number of carbonyl (C=O) groups is 3. The molecule has 2 N–H and O–H groups in total. The van der Waals surface area contributed by atoms with Crippen molar-refractivity contribution in [2.24, 2.45) is 16.9 Å². The average molecular weight is 403 g/mol. The molecule has 0 radical (unpaired) electrons. The number of hydrazone groups is 1. The Balaban J connectivity index is 1.71. The number of pyridine rings is 1. The van der Waals surface area contributed by atoms with Crippen LogP contribution >= 0.6 is 0 Å². The Morgan fingerprint density at radius 2 is 2.17 bits per heavy atom. The Morgan fingerprint density at radius 3 is 2.86 bits per heavy atom. The summed E-state index contributed by atoms with van der Waals surface area (Å²) < 4.78 is 0.524. The van der Waals surface area contributed by atoms with E-state index in [0.717, 1.165) is 30.7 Å². The van der Waals surface area contributed by atoms with Crippen molar-refractivity contribution in [1.29, 1.82) is 0 Å². The Kier molecular flexibility index (Phi) is 6.76. The van der Waals surface area contributed by atoms with Crippen molar-refractivity contribution in [3.05, 3.63) is 29.6 Å². The van der Waals surface area contributed by atoms with E-state index < -0.39 is 23.8 Å². The maximum atomic E-state index is 13.1.